The third kappa shape index (κ3) is 7.57. The van der Waals surface area contributed by atoms with E-state index in [1.165, 1.54) is 18.3 Å². The van der Waals surface area contributed by atoms with Crippen LogP contribution in [0.25, 0.3) is 11.0 Å². The molecule has 0 bridgehead atoms. The molecule has 0 amide bonds. The molecule has 1 saturated carbocycles. The normalized spacial score (nSPS) is 16.8. The van der Waals surface area contributed by atoms with Crippen LogP contribution in [-0.2, 0) is 22.7 Å². The predicted molar refractivity (Wildman–Crippen MR) is 159 cm³/mol. The van der Waals surface area contributed by atoms with E-state index in [2.05, 4.69) is 15.0 Å². The maximum atomic E-state index is 14.8. The van der Waals surface area contributed by atoms with Crippen molar-refractivity contribution in [3.8, 4) is 6.01 Å². The Morgan fingerprint density at radius 2 is 1.77 bits per heavy atom. The number of carboxylic acid groups (broad SMARTS) is 2. The summed E-state index contributed by atoms with van der Waals surface area (Å²) >= 11 is 5.80. The van der Waals surface area contributed by atoms with Crippen LogP contribution in [0.5, 0.6) is 6.01 Å². The number of hydrogen-bond acceptors (Lipinski definition) is 9. The van der Waals surface area contributed by atoms with Crippen molar-refractivity contribution in [3.05, 3.63) is 70.4 Å². The van der Waals surface area contributed by atoms with Crippen LogP contribution in [0.1, 0.15) is 47.1 Å². The minimum Gasteiger partial charge on any atom is -0.477 e. The first kappa shape index (κ1) is 34.7. The number of piperidine rings is 1. The Labute approximate surface area is 274 Å². The standard InChI is InChI=1S/C28H27ClF2N6O4.C2HF3O2/c1-40-9-8-37-23-11-21(26(38)39)32-14-22(23)34-24(37)18-12-28(18)4-6-36(7-5-28)25-20(31)13-33-27(35-25)41-15-16-2-3-17(29)10-19(16)30;3-2(4,5)1(6)7/h2-3,10-11,13-14,18H,4-9,12,15H2,1H3,(H,38,39);(H,6,7). The summed E-state index contributed by atoms with van der Waals surface area (Å²) in [6, 6.07) is 5.79. The second-order valence-electron chi connectivity index (χ2n) is 11.2. The molecular weight excluding hydrogens is 671 g/mol. The minimum absolute atomic E-state index is 0.0146. The van der Waals surface area contributed by atoms with Gasteiger partial charge in [-0.05, 0) is 42.9 Å². The second-order valence-corrected chi connectivity index (χ2v) is 11.7. The van der Waals surface area contributed by atoms with Crippen LogP contribution in [0.3, 0.4) is 0 Å². The molecule has 1 aliphatic carbocycles. The van der Waals surface area contributed by atoms with Crippen LogP contribution in [0.15, 0.2) is 36.7 Å². The van der Waals surface area contributed by atoms with Gasteiger partial charge in [0.15, 0.2) is 11.6 Å². The summed E-state index contributed by atoms with van der Waals surface area (Å²) in [5.41, 5.74) is 1.64. The number of aromatic carboxylic acids is 1. The number of ether oxygens (including phenoxy) is 2. The molecule has 6 rings (SSSR count). The van der Waals surface area contributed by atoms with Gasteiger partial charge in [-0.2, -0.15) is 18.2 Å². The SMILES string of the molecule is COCCn1c(C2CC23CCN(c2nc(OCc4ccc(Cl)cc4F)ncc2F)CC3)nc2cnc(C(=O)O)cc21.O=C(O)C(F)(F)F. The summed E-state index contributed by atoms with van der Waals surface area (Å²) < 4.78 is 73.5. The fraction of sp³-hybridized carbons (Fsp3) is 0.400. The summed E-state index contributed by atoms with van der Waals surface area (Å²) in [7, 11) is 1.62. The number of fused-ring (bicyclic) bond motifs is 1. The fourth-order valence-electron chi connectivity index (χ4n) is 5.69. The van der Waals surface area contributed by atoms with E-state index in [1.807, 2.05) is 9.47 Å². The van der Waals surface area contributed by atoms with Gasteiger partial charge in [-0.25, -0.2) is 33.3 Å². The smallest absolute Gasteiger partial charge is 0.477 e. The van der Waals surface area contributed by atoms with Crippen LogP contribution in [0.2, 0.25) is 5.02 Å². The summed E-state index contributed by atoms with van der Waals surface area (Å²) in [6.45, 7) is 2.04. The van der Waals surface area contributed by atoms with E-state index in [9.17, 15) is 31.9 Å². The highest BCUT2D eigenvalue weighted by molar-refractivity contribution is 6.30. The Morgan fingerprint density at radius 3 is 2.40 bits per heavy atom. The van der Waals surface area contributed by atoms with Crippen molar-refractivity contribution < 1.29 is 51.2 Å². The number of aromatic nitrogens is 5. The van der Waals surface area contributed by atoms with E-state index in [4.69, 9.17) is 36.0 Å². The van der Waals surface area contributed by atoms with Gasteiger partial charge in [0.1, 0.15) is 29.5 Å². The Balaban J connectivity index is 0.000000582. The van der Waals surface area contributed by atoms with E-state index in [0.717, 1.165) is 36.8 Å². The van der Waals surface area contributed by atoms with Gasteiger partial charge in [-0.3, -0.25) is 0 Å². The van der Waals surface area contributed by atoms with Crippen molar-refractivity contribution in [3.63, 3.8) is 0 Å². The number of benzene rings is 1. The Morgan fingerprint density at radius 1 is 1.06 bits per heavy atom. The molecule has 0 radical (unpaired) electrons. The number of alkyl halides is 3. The van der Waals surface area contributed by atoms with Crippen molar-refractivity contribution in [2.75, 3.05) is 31.7 Å². The number of pyridine rings is 1. The monoisotopic (exact) mass is 698 g/mol. The minimum atomic E-state index is -5.08. The zero-order valence-electron chi connectivity index (χ0n) is 25.2. The first-order chi connectivity index (χ1) is 22.7. The second kappa shape index (κ2) is 13.8. The molecule has 1 spiro atoms. The number of nitrogens with zero attached hydrogens (tertiary/aromatic N) is 6. The molecule has 4 heterocycles. The summed E-state index contributed by atoms with van der Waals surface area (Å²) in [6.07, 6.45) is 0.0301. The van der Waals surface area contributed by atoms with Crippen molar-refractivity contribution in [2.24, 2.45) is 5.41 Å². The lowest BCUT2D eigenvalue weighted by molar-refractivity contribution is -0.192. The topological polar surface area (TPSA) is 153 Å². The number of hydrogen-bond donors (Lipinski definition) is 2. The van der Waals surface area contributed by atoms with Crippen molar-refractivity contribution in [1.82, 2.24) is 24.5 Å². The molecular formula is C30H28ClF5N6O6. The average molecular weight is 699 g/mol. The van der Waals surface area contributed by atoms with E-state index >= 15 is 0 Å². The van der Waals surface area contributed by atoms with Crippen molar-refractivity contribution in [2.45, 2.75) is 44.5 Å². The van der Waals surface area contributed by atoms with Gasteiger partial charge in [0.2, 0.25) is 0 Å². The fourth-order valence-corrected chi connectivity index (χ4v) is 5.85. The third-order valence-corrected chi connectivity index (χ3v) is 8.52. The van der Waals surface area contributed by atoms with Crippen LogP contribution in [0.4, 0.5) is 27.8 Å². The number of methoxy groups -OCH3 is 1. The van der Waals surface area contributed by atoms with Gasteiger partial charge in [0.05, 0.1) is 24.5 Å². The van der Waals surface area contributed by atoms with Gasteiger partial charge in [0.25, 0.3) is 0 Å². The van der Waals surface area contributed by atoms with E-state index in [0.29, 0.717) is 31.8 Å². The molecule has 48 heavy (non-hydrogen) atoms. The average Bonchev–Trinajstić information content (AvgIpc) is 3.60. The zero-order valence-corrected chi connectivity index (χ0v) is 25.9. The highest BCUT2D eigenvalue weighted by atomic mass is 35.5. The number of aliphatic carboxylic acids is 1. The lowest BCUT2D eigenvalue weighted by Crippen LogP contribution is -2.36. The van der Waals surface area contributed by atoms with Gasteiger partial charge in [0, 0.05) is 43.2 Å². The van der Waals surface area contributed by atoms with Crippen LogP contribution >= 0.6 is 11.6 Å². The number of imidazole rings is 1. The number of carboxylic acids is 2. The number of anilines is 1. The maximum absolute atomic E-state index is 14.8. The van der Waals surface area contributed by atoms with Gasteiger partial charge >= 0.3 is 24.1 Å². The quantitative estimate of drug-likeness (QED) is 0.214. The molecule has 1 unspecified atom stereocenters. The molecule has 1 aliphatic heterocycles. The molecule has 2 aliphatic rings. The first-order valence-electron chi connectivity index (χ1n) is 14.4. The highest BCUT2D eigenvalue weighted by Gasteiger charge is 2.57. The third-order valence-electron chi connectivity index (χ3n) is 8.28. The van der Waals surface area contributed by atoms with Crippen LogP contribution < -0.4 is 9.64 Å². The molecule has 18 heteroatoms. The van der Waals surface area contributed by atoms with E-state index in [1.54, 1.807) is 19.2 Å². The van der Waals surface area contributed by atoms with E-state index in [-0.39, 0.29) is 46.0 Å². The number of rotatable bonds is 9. The van der Waals surface area contributed by atoms with Crippen molar-refractivity contribution in [1.29, 1.82) is 0 Å². The largest absolute Gasteiger partial charge is 0.490 e. The predicted octanol–water partition coefficient (Wildman–Crippen LogP) is 5.48. The maximum Gasteiger partial charge on any atom is 0.490 e. The lowest BCUT2D eigenvalue weighted by Gasteiger charge is -2.33. The van der Waals surface area contributed by atoms with Gasteiger partial charge in [-0.1, -0.05) is 17.7 Å². The molecule has 2 N–H and O–H groups in total. The molecule has 256 valence electrons. The first-order valence-corrected chi connectivity index (χ1v) is 14.8. The number of halogens is 6. The summed E-state index contributed by atoms with van der Waals surface area (Å²) in [4.78, 5) is 39.3. The summed E-state index contributed by atoms with van der Waals surface area (Å²) in [5, 5.41) is 16.8. The molecule has 1 saturated heterocycles. The highest BCUT2D eigenvalue weighted by Crippen LogP contribution is 2.65. The Kier molecular flexibility index (Phi) is 10.0. The molecule has 1 atom stereocenters. The zero-order chi connectivity index (χ0) is 34.8. The number of carbonyl (C=O) groups is 2. The molecule has 2 fully saturated rings. The van der Waals surface area contributed by atoms with Crippen LogP contribution in [0, 0.1) is 17.0 Å². The Bertz CT molecular complexity index is 1830. The van der Waals surface area contributed by atoms with Crippen molar-refractivity contribution >= 4 is 40.4 Å². The molecule has 1 aromatic carbocycles. The Hall–Kier alpha value is -4.64. The molecule has 3 aromatic heterocycles. The summed E-state index contributed by atoms with van der Waals surface area (Å²) in [5.74, 6) is -3.67. The van der Waals surface area contributed by atoms with Gasteiger partial charge < -0.3 is 29.2 Å². The van der Waals surface area contributed by atoms with Crippen LogP contribution in [-0.4, -0.2) is 79.6 Å². The van der Waals surface area contributed by atoms with E-state index < -0.39 is 29.7 Å². The van der Waals surface area contributed by atoms with Gasteiger partial charge in [-0.15, -0.1) is 0 Å². The lowest BCUT2D eigenvalue weighted by atomic mass is 9.90. The molecule has 4 aromatic rings. The molecule has 12 nitrogen and oxygen atoms in total.